The Bertz CT molecular complexity index is 527. The van der Waals surface area contributed by atoms with E-state index in [0.29, 0.717) is 17.7 Å². The van der Waals surface area contributed by atoms with Gasteiger partial charge in [-0.1, -0.05) is 29.8 Å². The van der Waals surface area contributed by atoms with Crippen molar-refractivity contribution < 1.29 is 19.5 Å². The highest BCUT2D eigenvalue weighted by Crippen LogP contribution is 2.08. The van der Waals surface area contributed by atoms with Crippen LogP contribution in [0.5, 0.6) is 0 Å². The number of carbonyl (C=O) groups excluding carboxylic acids is 2. The molecule has 1 atom stereocenters. The van der Waals surface area contributed by atoms with Crippen LogP contribution in [0.2, 0.25) is 0 Å². The summed E-state index contributed by atoms with van der Waals surface area (Å²) in [6.45, 7) is 1.93. The zero-order valence-corrected chi connectivity index (χ0v) is 13.6. The van der Waals surface area contributed by atoms with Crippen LogP contribution in [-0.2, 0) is 9.59 Å². The number of ketones is 1. The van der Waals surface area contributed by atoms with Crippen molar-refractivity contribution in [2.24, 2.45) is 0 Å². The lowest BCUT2D eigenvalue weighted by molar-refractivity contribution is -0.141. The molecule has 1 aromatic carbocycles. The zero-order chi connectivity index (χ0) is 16.5. The molecule has 2 N–H and O–H groups in total. The molecule has 1 rings (SSSR count). The van der Waals surface area contributed by atoms with Gasteiger partial charge in [-0.25, -0.2) is 4.79 Å². The summed E-state index contributed by atoms with van der Waals surface area (Å²) in [5.41, 5.74) is 1.63. The molecule has 0 spiro atoms. The Kier molecular flexibility index (Phi) is 7.66. The van der Waals surface area contributed by atoms with Crippen molar-refractivity contribution >= 4 is 29.4 Å². The highest BCUT2D eigenvalue weighted by molar-refractivity contribution is 7.98. The van der Waals surface area contributed by atoms with Gasteiger partial charge in [-0.3, -0.25) is 9.59 Å². The van der Waals surface area contributed by atoms with Gasteiger partial charge in [0.25, 0.3) is 0 Å². The number of hydrogen-bond donors (Lipinski definition) is 2. The predicted octanol–water partition coefficient (Wildman–Crippen LogP) is 2.28. The van der Waals surface area contributed by atoms with Gasteiger partial charge in [0, 0.05) is 18.4 Å². The summed E-state index contributed by atoms with van der Waals surface area (Å²) in [7, 11) is 0. The van der Waals surface area contributed by atoms with E-state index in [4.69, 9.17) is 5.11 Å². The number of aliphatic carboxylic acids is 1. The Balaban J connectivity index is 2.45. The Labute approximate surface area is 134 Å². The minimum Gasteiger partial charge on any atom is -0.480 e. The summed E-state index contributed by atoms with van der Waals surface area (Å²) in [5, 5.41) is 11.5. The molecule has 0 aromatic heterocycles. The fraction of sp³-hybridized carbons (Fsp3) is 0.438. The third-order valence-electron chi connectivity index (χ3n) is 3.20. The van der Waals surface area contributed by atoms with Gasteiger partial charge in [-0.15, -0.1) is 0 Å². The Hall–Kier alpha value is -1.82. The van der Waals surface area contributed by atoms with Crippen LogP contribution in [0.1, 0.15) is 35.2 Å². The number of nitrogens with one attached hydrogen (secondary N) is 1. The molecule has 0 aliphatic rings. The van der Waals surface area contributed by atoms with E-state index in [-0.39, 0.29) is 18.6 Å². The summed E-state index contributed by atoms with van der Waals surface area (Å²) in [4.78, 5) is 34.8. The lowest BCUT2D eigenvalue weighted by Crippen LogP contribution is -2.41. The number of aryl methyl sites for hydroxylation is 1. The van der Waals surface area contributed by atoms with E-state index in [1.54, 1.807) is 12.1 Å². The number of benzene rings is 1. The van der Waals surface area contributed by atoms with E-state index >= 15 is 0 Å². The number of Topliss-reactive ketones (excluding diaryl/α,β-unsaturated/α-hetero) is 1. The molecule has 6 heteroatoms. The van der Waals surface area contributed by atoms with Gasteiger partial charge in [0.05, 0.1) is 0 Å². The van der Waals surface area contributed by atoms with Crippen molar-refractivity contribution in [3.63, 3.8) is 0 Å². The van der Waals surface area contributed by atoms with E-state index in [1.165, 1.54) is 11.8 Å². The Morgan fingerprint density at radius 2 is 1.82 bits per heavy atom. The average molecular weight is 323 g/mol. The van der Waals surface area contributed by atoms with Gasteiger partial charge in [0.15, 0.2) is 5.78 Å². The van der Waals surface area contributed by atoms with Crippen molar-refractivity contribution in [2.45, 2.75) is 32.2 Å². The number of hydrogen-bond acceptors (Lipinski definition) is 4. The molecule has 22 heavy (non-hydrogen) atoms. The summed E-state index contributed by atoms with van der Waals surface area (Å²) >= 11 is 1.52. The minimum atomic E-state index is -1.05. The molecular weight excluding hydrogens is 302 g/mol. The molecule has 0 fully saturated rings. The van der Waals surface area contributed by atoms with Crippen LogP contribution in [0, 0.1) is 6.92 Å². The van der Waals surface area contributed by atoms with Crippen LogP contribution < -0.4 is 5.32 Å². The molecule has 1 aromatic rings. The maximum Gasteiger partial charge on any atom is 0.326 e. The summed E-state index contributed by atoms with van der Waals surface area (Å²) in [6, 6.07) is 6.25. The molecule has 1 amide bonds. The number of rotatable bonds is 9. The lowest BCUT2D eigenvalue weighted by Gasteiger charge is -2.13. The monoisotopic (exact) mass is 323 g/mol. The summed E-state index contributed by atoms with van der Waals surface area (Å²) in [5.74, 6) is -0.924. The normalized spacial score (nSPS) is 11.7. The standard InChI is InChI=1S/C16H21NO4S/c1-11-3-5-12(6-4-11)14(18)7-8-15(19)17-13(16(20)21)9-10-22-2/h3-6,13H,7-10H2,1-2H3,(H,17,19)(H,20,21). The fourth-order valence-corrected chi connectivity index (χ4v) is 2.34. The van der Waals surface area contributed by atoms with E-state index in [9.17, 15) is 14.4 Å². The largest absolute Gasteiger partial charge is 0.480 e. The number of thioether (sulfide) groups is 1. The van der Waals surface area contributed by atoms with E-state index in [0.717, 1.165) is 5.56 Å². The molecule has 0 radical (unpaired) electrons. The quantitative estimate of drug-likeness (QED) is 0.681. The van der Waals surface area contributed by atoms with Crippen LogP contribution in [0.25, 0.3) is 0 Å². The first-order chi connectivity index (χ1) is 10.4. The first kappa shape index (κ1) is 18.2. The molecule has 0 aliphatic carbocycles. The highest BCUT2D eigenvalue weighted by Gasteiger charge is 2.19. The number of carboxylic acid groups (broad SMARTS) is 1. The maximum atomic E-state index is 12.0. The first-order valence-electron chi connectivity index (χ1n) is 7.05. The third kappa shape index (κ3) is 6.30. The van der Waals surface area contributed by atoms with Crippen molar-refractivity contribution in [2.75, 3.05) is 12.0 Å². The van der Waals surface area contributed by atoms with Crippen LogP contribution in [0.3, 0.4) is 0 Å². The van der Waals surface area contributed by atoms with E-state index in [2.05, 4.69) is 5.32 Å². The van der Waals surface area contributed by atoms with Gasteiger partial charge >= 0.3 is 5.97 Å². The molecule has 0 aliphatic heterocycles. The van der Waals surface area contributed by atoms with Crippen molar-refractivity contribution in [3.8, 4) is 0 Å². The van der Waals surface area contributed by atoms with Crippen molar-refractivity contribution in [3.05, 3.63) is 35.4 Å². The molecule has 0 saturated heterocycles. The van der Waals surface area contributed by atoms with E-state index < -0.39 is 17.9 Å². The predicted molar refractivity (Wildman–Crippen MR) is 87.3 cm³/mol. The number of carboxylic acids is 1. The van der Waals surface area contributed by atoms with Gasteiger partial charge in [0.2, 0.25) is 5.91 Å². The Morgan fingerprint density at radius 3 is 2.36 bits per heavy atom. The van der Waals surface area contributed by atoms with Gasteiger partial charge in [-0.2, -0.15) is 11.8 Å². The van der Waals surface area contributed by atoms with Crippen LogP contribution in [-0.4, -0.2) is 40.8 Å². The van der Waals surface area contributed by atoms with Crippen LogP contribution >= 0.6 is 11.8 Å². The zero-order valence-electron chi connectivity index (χ0n) is 12.8. The van der Waals surface area contributed by atoms with E-state index in [1.807, 2.05) is 25.3 Å². The number of amides is 1. The summed E-state index contributed by atoms with van der Waals surface area (Å²) in [6.07, 6.45) is 2.31. The first-order valence-corrected chi connectivity index (χ1v) is 8.44. The SMILES string of the molecule is CSCCC(NC(=O)CCC(=O)c1ccc(C)cc1)C(=O)O. The second kappa shape index (κ2) is 9.25. The van der Waals surface area contributed by atoms with Gasteiger partial charge in [-0.05, 0) is 25.4 Å². The molecule has 0 heterocycles. The second-order valence-electron chi connectivity index (χ2n) is 5.03. The summed E-state index contributed by atoms with van der Waals surface area (Å²) < 4.78 is 0. The minimum absolute atomic E-state index is 0.00421. The van der Waals surface area contributed by atoms with Crippen LogP contribution in [0.15, 0.2) is 24.3 Å². The van der Waals surface area contributed by atoms with Crippen LogP contribution in [0.4, 0.5) is 0 Å². The van der Waals surface area contributed by atoms with Crippen molar-refractivity contribution in [1.82, 2.24) is 5.32 Å². The maximum absolute atomic E-state index is 12.0. The average Bonchev–Trinajstić information content (AvgIpc) is 2.49. The molecule has 0 bridgehead atoms. The molecule has 0 saturated carbocycles. The highest BCUT2D eigenvalue weighted by atomic mass is 32.2. The van der Waals surface area contributed by atoms with Crippen molar-refractivity contribution in [1.29, 1.82) is 0 Å². The van der Waals surface area contributed by atoms with Gasteiger partial charge in [0.1, 0.15) is 6.04 Å². The lowest BCUT2D eigenvalue weighted by atomic mass is 10.0. The smallest absolute Gasteiger partial charge is 0.326 e. The molecule has 1 unspecified atom stereocenters. The molecule has 5 nitrogen and oxygen atoms in total. The third-order valence-corrected chi connectivity index (χ3v) is 3.84. The second-order valence-corrected chi connectivity index (χ2v) is 6.01. The Morgan fingerprint density at radius 1 is 1.18 bits per heavy atom. The topological polar surface area (TPSA) is 83.5 Å². The fourth-order valence-electron chi connectivity index (χ4n) is 1.87. The molecular formula is C16H21NO4S. The molecule has 120 valence electrons. The number of carbonyl (C=O) groups is 3. The van der Waals surface area contributed by atoms with Gasteiger partial charge < -0.3 is 10.4 Å².